The van der Waals surface area contributed by atoms with Gasteiger partial charge in [-0.1, -0.05) is 13.8 Å². The molecule has 0 aromatic carbocycles. The summed E-state index contributed by atoms with van der Waals surface area (Å²) >= 11 is 0. The van der Waals surface area contributed by atoms with Crippen LogP contribution >= 0.6 is 0 Å². The van der Waals surface area contributed by atoms with Crippen LogP contribution in [0.1, 0.15) is 32.9 Å². The Morgan fingerprint density at radius 1 is 1.65 bits per heavy atom. The van der Waals surface area contributed by atoms with Crippen LogP contribution in [0.2, 0.25) is 0 Å². The van der Waals surface area contributed by atoms with Gasteiger partial charge < -0.3 is 15.2 Å². The Hall–Kier alpha value is -2.07. The van der Waals surface area contributed by atoms with E-state index in [1.54, 1.807) is 13.8 Å². The molecular weight excluding hydrogens is 311 g/mol. The van der Waals surface area contributed by atoms with Gasteiger partial charge in [-0.2, -0.15) is 9.78 Å². The molecule has 2 rings (SSSR count). The Balaban J connectivity index is 1.99. The number of alkyl halides is 1. The number of nitrogens with zero attached hydrogens (tertiary/aromatic N) is 2. The average molecular weight is 330 g/mol. The molecule has 1 fully saturated rings. The number of rotatable bonds is 5. The van der Waals surface area contributed by atoms with Gasteiger partial charge in [0.05, 0.1) is 0 Å². The van der Waals surface area contributed by atoms with Gasteiger partial charge in [-0.25, -0.2) is 9.18 Å². The van der Waals surface area contributed by atoms with Crippen molar-refractivity contribution in [1.29, 1.82) is 0 Å². The number of H-pyrrole nitrogens is 1. The summed E-state index contributed by atoms with van der Waals surface area (Å²) in [5.74, 6) is -3.09. The predicted octanol–water partition coefficient (Wildman–Crippen LogP) is -0.567. The van der Waals surface area contributed by atoms with Crippen LogP contribution in [-0.2, 0) is 14.3 Å². The summed E-state index contributed by atoms with van der Waals surface area (Å²) in [5, 5.41) is 3.61. The summed E-state index contributed by atoms with van der Waals surface area (Å²) < 4.78 is 25.4. The van der Waals surface area contributed by atoms with E-state index in [1.165, 1.54) is 0 Å². The van der Waals surface area contributed by atoms with Gasteiger partial charge in [0.25, 0.3) is 5.56 Å². The van der Waals surface area contributed by atoms with Crippen molar-refractivity contribution in [3.63, 3.8) is 0 Å². The smallest absolute Gasteiger partial charge is 0.347 e. The fourth-order valence-electron chi connectivity index (χ4n) is 2.09. The molecule has 1 aromatic heterocycles. The monoisotopic (exact) mass is 330 g/mol. The van der Waals surface area contributed by atoms with E-state index in [4.69, 9.17) is 15.2 Å². The number of nitrogens with one attached hydrogen (secondary N) is 1. The van der Waals surface area contributed by atoms with Crippen molar-refractivity contribution in [2.45, 2.75) is 44.8 Å². The second-order valence-corrected chi connectivity index (χ2v) is 5.76. The molecule has 1 aliphatic rings. The normalized spacial score (nSPS) is 25.5. The van der Waals surface area contributed by atoms with Gasteiger partial charge in [-0.3, -0.25) is 14.6 Å². The quantitative estimate of drug-likeness (QED) is 0.692. The van der Waals surface area contributed by atoms with E-state index >= 15 is 0 Å². The van der Waals surface area contributed by atoms with E-state index < -0.39 is 41.9 Å². The van der Waals surface area contributed by atoms with Crippen molar-refractivity contribution in [3.05, 3.63) is 27.0 Å². The van der Waals surface area contributed by atoms with Crippen LogP contribution in [0.5, 0.6) is 0 Å². The highest BCUT2D eigenvalue weighted by Crippen LogP contribution is 2.36. The lowest BCUT2D eigenvalue weighted by atomic mass is 10.1. The Morgan fingerprint density at radius 3 is 2.96 bits per heavy atom. The first-order valence-corrected chi connectivity index (χ1v) is 7.19. The van der Waals surface area contributed by atoms with E-state index in [2.05, 4.69) is 5.10 Å². The summed E-state index contributed by atoms with van der Waals surface area (Å²) in [4.78, 5) is 36.2. The minimum Gasteiger partial charge on any atom is -0.458 e. The predicted molar refractivity (Wildman–Crippen MR) is 76.1 cm³/mol. The molecule has 2 heterocycles. The Morgan fingerprint density at radius 2 is 2.35 bits per heavy atom. The fourth-order valence-corrected chi connectivity index (χ4v) is 2.09. The van der Waals surface area contributed by atoms with Gasteiger partial charge in [-0.15, -0.1) is 0 Å². The third-order valence-electron chi connectivity index (χ3n) is 3.54. The lowest BCUT2D eigenvalue weighted by molar-refractivity contribution is -0.196. The lowest BCUT2D eigenvalue weighted by Crippen LogP contribution is -2.40. The fraction of sp³-hybridized carbons (Fsp3) is 0.692. The van der Waals surface area contributed by atoms with Gasteiger partial charge in [0, 0.05) is 6.42 Å². The summed E-state index contributed by atoms with van der Waals surface area (Å²) in [6.45, 7) is 2.86. The van der Waals surface area contributed by atoms with Crippen LogP contribution in [0.4, 0.5) is 4.39 Å². The zero-order valence-electron chi connectivity index (χ0n) is 12.8. The molecule has 10 heteroatoms. The zero-order valence-corrected chi connectivity index (χ0v) is 12.8. The molecule has 0 saturated carbocycles. The topological polar surface area (TPSA) is 129 Å². The molecule has 0 aliphatic carbocycles. The van der Waals surface area contributed by atoms with Crippen molar-refractivity contribution in [2.24, 2.45) is 11.7 Å². The maximum atomic E-state index is 14.5. The molecule has 0 radical (unpaired) electrons. The zero-order chi connectivity index (χ0) is 17.2. The SMILES string of the molecule is CC(C)[C@H](N)C(=O)OC[C@]1(F)CC[C@H](n2ncc(=O)[nH]c2=O)O1. The van der Waals surface area contributed by atoms with Gasteiger partial charge in [0.1, 0.15) is 12.2 Å². The number of aromatic nitrogens is 3. The number of carbonyl (C=O) groups excluding carboxylic acids is 1. The number of nitrogens with two attached hydrogens (primary N) is 1. The first-order chi connectivity index (χ1) is 10.7. The van der Waals surface area contributed by atoms with Gasteiger partial charge >= 0.3 is 11.7 Å². The number of ether oxygens (including phenoxy) is 2. The van der Waals surface area contributed by atoms with Crippen LogP contribution in [0.3, 0.4) is 0 Å². The first kappa shape index (κ1) is 17.3. The molecule has 9 nitrogen and oxygen atoms in total. The van der Waals surface area contributed by atoms with Gasteiger partial charge in [-0.05, 0) is 12.3 Å². The average Bonchev–Trinajstić information content (AvgIpc) is 2.86. The third kappa shape index (κ3) is 4.02. The first-order valence-electron chi connectivity index (χ1n) is 7.19. The van der Waals surface area contributed by atoms with E-state index in [0.717, 1.165) is 10.9 Å². The van der Waals surface area contributed by atoms with E-state index in [0.29, 0.717) is 0 Å². The maximum Gasteiger partial charge on any atom is 0.347 e. The Bertz CT molecular complexity index is 687. The molecule has 23 heavy (non-hydrogen) atoms. The van der Waals surface area contributed by atoms with E-state index in [1.807, 2.05) is 4.98 Å². The van der Waals surface area contributed by atoms with Crippen molar-refractivity contribution < 1.29 is 18.7 Å². The van der Waals surface area contributed by atoms with Crippen LogP contribution in [-0.4, -0.2) is 39.2 Å². The van der Waals surface area contributed by atoms with Crippen LogP contribution < -0.4 is 17.0 Å². The maximum absolute atomic E-state index is 14.5. The molecule has 3 atom stereocenters. The number of aromatic amines is 1. The highest BCUT2D eigenvalue weighted by atomic mass is 19.2. The van der Waals surface area contributed by atoms with E-state index in [-0.39, 0.29) is 18.8 Å². The van der Waals surface area contributed by atoms with Crippen LogP contribution in [0.25, 0.3) is 0 Å². The van der Waals surface area contributed by atoms with Gasteiger partial charge in [0.2, 0.25) is 5.85 Å². The highest BCUT2D eigenvalue weighted by Gasteiger charge is 2.43. The standard InChI is InChI=1S/C13H19FN4O5/c1-7(2)10(15)11(20)22-6-13(14)4-3-9(23-13)18-12(21)17-8(19)5-16-18/h5,7,9-10H,3-4,6,15H2,1-2H3,(H,17,19,21)/t9-,10+,13+/m1/s1. The number of hydrogen-bond donors (Lipinski definition) is 2. The van der Waals surface area contributed by atoms with Crippen LogP contribution in [0.15, 0.2) is 15.8 Å². The number of halogens is 1. The Labute approximate surface area is 130 Å². The molecule has 3 N–H and O–H groups in total. The molecule has 1 saturated heterocycles. The third-order valence-corrected chi connectivity index (χ3v) is 3.54. The molecule has 0 bridgehead atoms. The van der Waals surface area contributed by atoms with E-state index in [9.17, 15) is 18.8 Å². The van der Waals surface area contributed by atoms with Crippen molar-refractivity contribution in [1.82, 2.24) is 14.8 Å². The molecule has 0 unspecified atom stereocenters. The van der Waals surface area contributed by atoms with Crippen molar-refractivity contribution in [2.75, 3.05) is 6.61 Å². The minimum absolute atomic E-state index is 0.0882. The lowest BCUT2D eigenvalue weighted by Gasteiger charge is -2.22. The summed E-state index contributed by atoms with van der Waals surface area (Å²) in [5.41, 5.74) is 4.15. The second-order valence-electron chi connectivity index (χ2n) is 5.76. The molecule has 0 spiro atoms. The van der Waals surface area contributed by atoms with Crippen molar-refractivity contribution >= 4 is 5.97 Å². The largest absolute Gasteiger partial charge is 0.458 e. The second kappa shape index (κ2) is 6.59. The summed E-state index contributed by atoms with van der Waals surface area (Å²) in [7, 11) is 0. The molecular formula is C13H19FN4O5. The minimum atomic E-state index is -2.23. The Kier molecular flexibility index (Phi) is 4.95. The molecule has 1 aromatic rings. The van der Waals surface area contributed by atoms with Crippen LogP contribution in [0, 0.1) is 5.92 Å². The van der Waals surface area contributed by atoms with Gasteiger partial charge in [0.15, 0.2) is 12.8 Å². The number of hydrogen-bond acceptors (Lipinski definition) is 7. The van der Waals surface area contributed by atoms with Crippen molar-refractivity contribution in [3.8, 4) is 0 Å². The summed E-state index contributed by atoms with van der Waals surface area (Å²) in [6.07, 6.45) is -0.0370. The number of carbonyl (C=O) groups is 1. The number of esters is 1. The molecule has 0 amide bonds. The highest BCUT2D eigenvalue weighted by molar-refractivity contribution is 5.75. The molecule has 128 valence electrons. The molecule has 1 aliphatic heterocycles. The summed E-state index contributed by atoms with van der Waals surface area (Å²) in [6, 6.07) is -0.848.